The third-order valence-corrected chi connectivity index (χ3v) is 4.68. The molecule has 0 saturated carbocycles. The zero-order valence-electron chi connectivity index (χ0n) is 12.3. The molecule has 2 aromatic heterocycles. The lowest BCUT2D eigenvalue weighted by molar-refractivity contribution is 0.675. The minimum Gasteiger partial charge on any atom is -0.373 e. The van der Waals surface area contributed by atoms with Gasteiger partial charge in [-0.05, 0) is 24.6 Å². The molecular formula is C14H20N4S2. The van der Waals surface area contributed by atoms with E-state index in [1.807, 2.05) is 19.4 Å². The van der Waals surface area contributed by atoms with Gasteiger partial charge in [0.15, 0.2) is 5.16 Å². The summed E-state index contributed by atoms with van der Waals surface area (Å²) in [6.07, 6.45) is 3.02. The molecule has 0 saturated heterocycles. The Morgan fingerprint density at radius 1 is 1.45 bits per heavy atom. The lowest BCUT2D eigenvalue weighted by Gasteiger charge is -2.26. The molecule has 1 unspecified atom stereocenters. The van der Waals surface area contributed by atoms with Crippen LogP contribution in [0, 0.1) is 0 Å². The first-order valence-electron chi connectivity index (χ1n) is 6.50. The molecule has 1 N–H and O–H groups in total. The molecule has 6 heteroatoms. The third-order valence-electron chi connectivity index (χ3n) is 3.23. The number of thioether (sulfide) groups is 1. The molecular weight excluding hydrogens is 288 g/mol. The summed E-state index contributed by atoms with van der Waals surface area (Å²) >= 11 is 3.36. The van der Waals surface area contributed by atoms with E-state index in [1.165, 1.54) is 4.88 Å². The summed E-state index contributed by atoms with van der Waals surface area (Å²) in [6, 6.07) is 6.66. The van der Waals surface area contributed by atoms with Crippen LogP contribution in [-0.4, -0.2) is 36.4 Å². The van der Waals surface area contributed by atoms with E-state index in [2.05, 4.69) is 51.7 Å². The number of nitrogens with zero attached hydrogens (tertiary/aromatic N) is 3. The van der Waals surface area contributed by atoms with Crippen LogP contribution in [0.4, 0.5) is 11.6 Å². The van der Waals surface area contributed by atoms with E-state index in [4.69, 9.17) is 0 Å². The highest BCUT2D eigenvalue weighted by molar-refractivity contribution is 7.98. The summed E-state index contributed by atoms with van der Waals surface area (Å²) in [7, 11) is 3.97. The van der Waals surface area contributed by atoms with E-state index in [0.29, 0.717) is 6.04 Å². The van der Waals surface area contributed by atoms with Crippen LogP contribution in [0.25, 0.3) is 0 Å². The van der Waals surface area contributed by atoms with Gasteiger partial charge >= 0.3 is 0 Å². The molecule has 0 radical (unpaired) electrons. The number of rotatable bonds is 6. The molecule has 0 aliphatic rings. The fourth-order valence-corrected chi connectivity index (χ4v) is 3.10. The summed E-state index contributed by atoms with van der Waals surface area (Å²) < 4.78 is 0. The van der Waals surface area contributed by atoms with E-state index >= 15 is 0 Å². The summed E-state index contributed by atoms with van der Waals surface area (Å²) in [5.41, 5.74) is 0. The molecule has 108 valence electrons. The van der Waals surface area contributed by atoms with Crippen molar-refractivity contribution in [1.29, 1.82) is 0 Å². The third kappa shape index (κ3) is 3.64. The van der Waals surface area contributed by atoms with E-state index in [9.17, 15) is 0 Å². The van der Waals surface area contributed by atoms with Crippen molar-refractivity contribution in [3.8, 4) is 0 Å². The van der Waals surface area contributed by atoms with Gasteiger partial charge in [0.05, 0.1) is 0 Å². The first-order valence-corrected chi connectivity index (χ1v) is 8.60. The highest BCUT2D eigenvalue weighted by atomic mass is 32.2. The average Bonchev–Trinajstić information content (AvgIpc) is 2.98. The van der Waals surface area contributed by atoms with Gasteiger partial charge in [-0.25, -0.2) is 9.97 Å². The van der Waals surface area contributed by atoms with Crippen LogP contribution in [0.1, 0.15) is 11.8 Å². The smallest absolute Gasteiger partial charge is 0.191 e. The molecule has 1 atom stereocenters. The topological polar surface area (TPSA) is 41.0 Å². The first kappa shape index (κ1) is 15.1. The van der Waals surface area contributed by atoms with Gasteiger partial charge in [0.1, 0.15) is 11.6 Å². The Bertz CT molecular complexity index is 520. The summed E-state index contributed by atoms with van der Waals surface area (Å²) in [5.74, 6) is 1.81. The maximum absolute atomic E-state index is 4.59. The lowest BCUT2D eigenvalue weighted by Crippen LogP contribution is -2.31. The number of hydrogen-bond acceptors (Lipinski definition) is 6. The minimum atomic E-state index is 0.392. The predicted octanol–water partition coefficient (Wildman–Crippen LogP) is 3.37. The van der Waals surface area contributed by atoms with Crippen molar-refractivity contribution in [2.45, 2.75) is 24.5 Å². The van der Waals surface area contributed by atoms with Crippen LogP contribution in [0.15, 0.2) is 28.7 Å². The monoisotopic (exact) mass is 308 g/mol. The lowest BCUT2D eigenvalue weighted by atomic mass is 10.2. The van der Waals surface area contributed by atoms with Crippen LogP contribution in [-0.2, 0) is 6.42 Å². The summed E-state index contributed by atoms with van der Waals surface area (Å²) in [4.78, 5) is 12.6. The summed E-state index contributed by atoms with van der Waals surface area (Å²) in [6.45, 7) is 2.22. The molecule has 2 heterocycles. The molecule has 4 nitrogen and oxygen atoms in total. The van der Waals surface area contributed by atoms with Crippen LogP contribution >= 0.6 is 23.1 Å². The maximum atomic E-state index is 4.59. The van der Waals surface area contributed by atoms with E-state index in [-0.39, 0.29) is 0 Å². The largest absolute Gasteiger partial charge is 0.373 e. The number of likely N-dealkylation sites (N-methyl/N-ethyl adjacent to an activating group) is 1. The van der Waals surface area contributed by atoms with Crippen LogP contribution < -0.4 is 10.2 Å². The fourth-order valence-electron chi connectivity index (χ4n) is 1.90. The second kappa shape index (κ2) is 6.95. The highest BCUT2D eigenvalue weighted by Crippen LogP contribution is 2.22. The Labute approximate surface area is 128 Å². The van der Waals surface area contributed by atoms with E-state index in [0.717, 1.165) is 23.2 Å². The number of thiophene rings is 1. The zero-order valence-corrected chi connectivity index (χ0v) is 13.9. The van der Waals surface area contributed by atoms with Crippen molar-refractivity contribution in [2.24, 2.45) is 0 Å². The molecule has 0 aliphatic heterocycles. The second-order valence-electron chi connectivity index (χ2n) is 4.59. The Morgan fingerprint density at radius 2 is 2.25 bits per heavy atom. The van der Waals surface area contributed by atoms with Gasteiger partial charge in [-0.1, -0.05) is 17.8 Å². The van der Waals surface area contributed by atoms with Crippen molar-refractivity contribution in [3.63, 3.8) is 0 Å². The normalized spacial score (nSPS) is 12.2. The Kier molecular flexibility index (Phi) is 5.25. The molecule has 0 bridgehead atoms. The van der Waals surface area contributed by atoms with Crippen molar-refractivity contribution >= 4 is 34.7 Å². The molecule has 0 amide bonds. The van der Waals surface area contributed by atoms with Crippen molar-refractivity contribution < 1.29 is 0 Å². The quantitative estimate of drug-likeness (QED) is 0.654. The highest BCUT2D eigenvalue weighted by Gasteiger charge is 2.14. The van der Waals surface area contributed by atoms with E-state index in [1.54, 1.807) is 23.1 Å². The molecule has 20 heavy (non-hydrogen) atoms. The van der Waals surface area contributed by atoms with Crippen molar-refractivity contribution in [1.82, 2.24) is 9.97 Å². The number of nitrogens with one attached hydrogen (secondary N) is 1. The van der Waals surface area contributed by atoms with Crippen molar-refractivity contribution in [2.75, 3.05) is 30.6 Å². The molecule has 0 spiro atoms. The predicted molar refractivity (Wildman–Crippen MR) is 89.2 cm³/mol. The Hall–Kier alpha value is -1.27. The molecule has 2 rings (SSSR count). The number of anilines is 2. The number of hydrogen-bond donors (Lipinski definition) is 1. The molecule has 0 aliphatic carbocycles. The number of aromatic nitrogens is 2. The van der Waals surface area contributed by atoms with Gasteiger partial charge in [0.2, 0.25) is 0 Å². The van der Waals surface area contributed by atoms with Gasteiger partial charge in [0, 0.05) is 37.5 Å². The maximum Gasteiger partial charge on any atom is 0.191 e. The molecule has 0 aromatic carbocycles. The van der Waals surface area contributed by atoms with Gasteiger partial charge in [-0.2, -0.15) is 0 Å². The van der Waals surface area contributed by atoms with Crippen LogP contribution in [0.5, 0.6) is 0 Å². The van der Waals surface area contributed by atoms with Gasteiger partial charge < -0.3 is 10.2 Å². The fraction of sp³-hybridized carbons (Fsp3) is 0.429. The van der Waals surface area contributed by atoms with Gasteiger partial charge in [-0.3, -0.25) is 0 Å². The van der Waals surface area contributed by atoms with E-state index < -0.39 is 0 Å². The van der Waals surface area contributed by atoms with Gasteiger partial charge in [-0.15, -0.1) is 11.3 Å². The van der Waals surface area contributed by atoms with Gasteiger partial charge in [0.25, 0.3) is 0 Å². The Balaban J connectivity index is 2.16. The van der Waals surface area contributed by atoms with Crippen LogP contribution in [0.3, 0.4) is 0 Å². The average molecular weight is 308 g/mol. The SMILES string of the molecule is CNc1cc(N(C)C(C)Cc2cccs2)nc(SC)n1. The molecule has 0 fully saturated rings. The van der Waals surface area contributed by atoms with Crippen LogP contribution in [0.2, 0.25) is 0 Å². The Morgan fingerprint density at radius 3 is 2.85 bits per heavy atom. The second-order valence-corrected chi connectivity index (χ2v) is 6.40. The van der Waals surface area contributed by atoms with Crippen molar-refractivity contribution in [3.05, 3.63) is 28.5 Å². The molecule has 2 aromatic rings. The summed E-state index contributed by atoms with van der Waals surface area (Å²) in [5, 5.41) is 6.01. The zero-order chi connectivity index (χ0) is 14.5. The standard InChI is InChI=1S/C14H20N4S2/c1-10(8-11-6-5-7-20-11)18(3)13-9-12(15-2)16-14(17-13)19-4/h5-7,9-10H,8H2,1-4H3,(H,15,16,17). The first-order chi connectivity index (χ1) is 9.63. The minimum absolute atomic E-state index is 0.392.